The zero-order valence-corrected chi connectivity index (χ0v) is 12.1. The third-order valence-electron chi connectivity index (χ3n) is 2.30. The van der Waals surface area contributed by atoms with E-state index in [2.05, 4.69) is 18.9 Å². The van der Waals surface area contributed by atoms with E-state index in [9.17, 15) is 0 Å². The molecule has 1 rings (SSSR count). The summed E-state index contributed by atoms with van der Waals surface area (Å²) in [5.41, 5.74) is 7.05. The average molecular weight is 278 g/mol. The van der Waals surface area contributed by atoms with Crippen LogP contribution in [0.4, 0.5) is 0 Å². The summed E-state index contributed by atoms with van der Waals surface area (Å²) in [7, 11) is 1.67. The largest absolute Gasteiger partial charge is 0.383 e. The van der Waals surface area contributed by atoms with Crippen molar-refractivity contribution < 1.29 is 4.74 Å². The second-order valence-corrected chi connectivity index (χ2v) is 6.10. The number of rotatable bonds is 7. The molecule has 0 bridgehead atoms. The van der Waals surface area contributed by atoms with Crippen LogP contribution in [0.15, 0.2) is 6.20 Å². The van der Waals surface area contributed by atoms with Gasteiger partial charge < -0.3 is 10.5 Å². The molecule has 0 radical (unpaired) electrons. The lowest BCUT2D eigenvalue weighted by Crippen LogP contribution is -2.21. The van der Waals surface area contributed by atoms with Gasteiger partial charge in [-0.1, -0.05) is 25.4 Å². The van der Waals surface area contributed by atoms with Gasteiger partial charge in [-0.25, -0.2) is 0 Å². The maximum Gasteiger partial charge on any atom is 0.0834 e. The minimum Gasteiger partial charge on any atom is -0.383 e. The standard InChI is InChI=1S/C11H20ClN3OS/c1-8(2)17-7-10(13)11-9(12)6-14-15(11)4-5-16-3/h6,8,10H,4-5,7,13H2,1-3H3. The fourth-order valence-electron chi connectivity index (χ4n) is 1.47. The molecule has 0 aliphatic carbocycles. The Morgan fingerprint density at radius 1 is 1.59 bits per heavy atom. The second kappa shape index (κ2) is 7.26. The molecule has 2 N–H and O–H groups in total. The number of methoxy groups -OCH3 is 1. The van der Waals surface area contributed by atoms with E-state index in [0.29, 0.717) is 23.4 Å². The van der Waals surface area contributed by atoms with Gasteiger partial charge in [0.2, 0.25) is 0 Å². The summed E-state index contributed by atoms with van der Waals surface area (Å²) in [5, 5.41) is 5.42. The third-order valence-corrected chi connectivity index (χ3v) is 3.81. The van der Waals surface area contributed by atoms with Crippen LogP contribution < -0.4 is 5.73 Å². The zero-order chi connectivity index (χ0) is 12.8. The van der Waals surface area contributed by atoms with E-state index >= 15 is 0 Å². The smallest absolute Gasteiger partial charge is 0.0834 e. The van der Waals surface area contributed by atoms with Crippen molar-refractivity contribution in [1.29, 1.82) is 0 Å². The quantitative estimate of drug-likeness (QED) is 0.831. The van der Waals surface area contributed by atoms with Gasteiger partial charge >= 0.3 is 0 Å². The highest BCUT2D eigenvalue weighted by Gasteiger charge is 2.17. The SMILES string of the molecule is COCCn1ncc(Cl)c1C(N)CSC(C)C. The van der Waals surface area contributed by atoms with E-state index in [1.54, 1.807) is 13.3 Å². The van der Waals surface area contributed by atoms with Crippen LogP contribution in [0.1, 0.15) is 25.6 Å². The summed E-state index contributed by atoms with van der Waals surface area (Å²) >= 11 is 7.94. The van der Waals surface area contributed by atoms with Gasteiger partial charge in [0.05, 0.1) is 36.1 Å². The van der Waals surface area contributed by atoms with Crippen LogP contribution >= 0.6 is 23.4 Å². The Labute approximate surface area is 112 Å². The number of halogens is 1. The molecule has 4 nitrogen and oxygen atoms in total. The predicted octanol–water partition coefficient (Wildman–Crippen LogP) is 2.32. The Kier molecular flexibility index (Phi) is 6.33. The second-order valence-electron chi connectivity index (χ2n) is 4.08. The van der Waals surface area contributed by atoms with E-state index in [1.807, 2.05) is 16.4 Å². The van der Waals surface area contributed by atoms with E-state index in [4.69, 9.17) is 22.1 Å². The Morgan fingerprint density at radius 3 is 2.88 bits per heavy atom. The monoisotopic (exact) mass is 277 g/mol. The molecule has 1 heterocycles. The number of ether oxygens (including phenoxy) is 1. The van der Waals surface area contributed by atoms with E-state index in [-0.39, 0.29) is 6.04 Å². The first-order valence-electron chi connectivity index (χ1n) is 5.63. The van der Waals surface area contributed by atoms with Gasteiger partial charge in [0.25, 0.3) is 0 Å². The van der Waals surface area contributed by atoms with Crippen molar-refractivity contribution in [2.75, 3.05) is 19.5 Å². The number of thioether (sulfide) groups is 1. The molecule has 6 heteroatoms. The minimum atomic E-state index is -0.0887. The van der Waals surface area contributed by atoms with Gasteiger partial charge in [-0.3, -0.25) is 4.68 Å². The van der Waals surface area contributed by atoms with Crippen molar-refractivity contribution in [3.8, 4) is 0 Å². The summed E-state index contributed by atoms with van der Waals surface area (Å²) in [6, 6.07) is -0.0887. The lowest BCUT2D eigenvalue weighted by molar-refractivity contribution is 0.182. The van der Waals surface area contributed by atoms with Crippen molar-refractivity contribution in [1.82, 2.24) is 9.78 Å². The molecule has 1 atom stereocenters. The summed E-state index contributed by atoms with van der Waals surface area (Å²) in [4.78, 5) is 0. The lowest BCUT2D eigenvalue weighted by Gasteiger charge is -2.15. The van der Waals surface area contributed by atoms with E-state index in [1.165, 1.54) is 0 Å². The maximum absolute atomic E-state index is 6.15. The van der Waals surface area contributed by atoms with Crippen molar-refractivity contribution in [2.24, 2.45) is 5.73 Å². The molecule has 0 fully saturated rings. The molecule has 0 aliphatic rings. The summed E-state index contributed by atoms with van der Waals surface area (Å²) in [6.07, 6.45) is 1.65. The van der Waals surface area contributed by atoms with Crippen LogP contribution in [0.2, 0.25) is 5.02 Å². The van der Waals surface area contributed by atoms with Gasteiger partial charge in [-0.15, -0.1) is 0 Å². The van der Waals surface area contributed by atoms with Crippen molar-refractivity contribution >= 4 is 23.4 Å². The Hall–Kier alpha value is -0.230. The molecule has 0 amide bonds. The van der Waals surface area contributed by atoms with E-state index in [0.717, 1.165) is 11.4 Å². The summed E-state index contributed by atoms with van der Waals surface area (Å²) in [6.45, 7) is 5.59. The molecule has 0 saturated carbocycles. The first-order valence-corrected chi connectivity index (χ1v) is 7.06. The van der Waals surface area contributed by atoms with Crippen LogP contribution in [0.5, 0.6) is 0 Å². The zero-order valence-electron chi connectivity index (χ0n) is 10.5. The normalized spacial score (nSPS) is 13.3. The number of hydrogen-bond acceptors (Lipinski definition) is 4. The highest BCUT2D eigenvalue weighted by Crippen LogP contribution is 2.25. The van der Waals surface area contributed by atoms with E-state index < -0.39 is 0 Å². The van der Waals surface area contributed by atoms with Gasteiger partial charge in [0.15, 0.2) is 0 Å². The molecule has 1 aromatic heterocycles. The maximum atomic E-state index is 6.15. The Morgan fingerprint density at radius 2 is 2.29 bits per heavy atom. The van der Waals surface area contributed by atoms with Crippen LogP contribution in [-0.2, 0) is 11.3 Å². The molecule has 1 unspecified atom stereocenters. The van der Waals surface area contributed by atoms with Crippen LogP contribution in [0.3, 0.4) is 0 Å². The fraction of sp³-hybridized carbons (Fsp3) is 0.727. The third kappa shape index (κ3) is 4.50. The molecule has 17 heavy (non-hydrogen) atoms. The molecule has 0 aromatic carbocycles. The molecule has 1 aromatic rings. The number of nitrogens with zero attached hydrogens (tertiary/aromatic N) is 2. The van der Waals surface area contributed by atoms with Crippen molar-refractivity contribution in [3.05, 3.63) is 16.9 Å². The molecule has 0 saturated heterocycles. The highest BCUT2D eigenvalue weighted by atomic mass is 35.5. The molecule has 0 spiro atoms. The summed E-state index contributed by atoms with van der Waals surface area (Å²) in [5.74, 6) is 0.843. The molecule has 98 valence electrons. The number of nitrogens with two attached hydrogens (primary N) is 1. The summed E-state index contributed by atoms with van der Waals surface area (Å²) < 4.78 is 6.87. The molecular formula is C11H20ClN3OS. The van der Waals surface area contributed by atoms with Crippen LogP contribution in [0.25, 0.3) is 0 Å². The fourth-order valence-corrected chi connectivity index (χ4v) is 2.50. The van der Waals surface area contributed by atoms with Crippen LogP contribution in [0, 0.1) is 0 Å². The van der Waals surface area contributed by atoms with Crippen molar-refractivity contribution in [3.63, 3.8) is 0 Å². The Balaban J connectivity index is 2.69. The number of aromatic nitrogens is 2. The number of hydrogen-bond donors (Lipinski definition) is 1. The topological polar surface area (TPSA) is 53.1 Å². The van der Waals surface area contributed by atoms with Gasteiger partial charge in [0.1, 0.15) is 0 Å². The predicted molar refractivity (Wildman–Crippen MR) is 73.6 cm³/mol. The van der Waals surface area contributed by atoms with Gasteiger partial charge in [-0.2, -0.15) is 16.9 Å². The molecular weight excluding hydrogens is 258 g/mol. The van der Waals surface area contributed by atoms with Crippen molar-refractivity contribution in [2.45, 2.75) is 31.7 Å². The minimum absolute atomic E-state index is 0.0887. The van der Waals surface area contributed by atoms with Gasteiger partial charge in [0, 0.05) is 12.9 Å². The highest BCUT2D eigenvalue weighted by molar-refractivity contribution is 7.99. The average Bonchev–Trinajstić information content (AvgIpc) is 2.64. The first-order chi connectivity index (χ1) is 8.06. The Bertz CT molecular complexity index is 343. The first kappa shape index (κ1) is 14.8. The van der Waals surface area contributed by atoms with Gasteiger partial charge in [-0.05, 0) is 5.25 Å². The lowest BCUT2D eigenvalue weighted by atomic mass is 10.2. The van der Waals surface area contributed by atoms with Crippen LogP contribution in [-0.4, -0.2) is 34.5 Å². The molecule has 0 aliphatic heterocycles.